The van der Waals surface area contributed by atoms with Crippen LogP contribution in [0.1, 0.15) is 45.1 Å². The number of unbranched alkanes of at least 4 members (excludes halogenated alkanes) is 1. The number of rotatable bonds is 16. The summed E-state index contributed by atoms with van der Waals surface area (Å²) in [5, 5.41) is 17.3. The van der Waals surface area contributed by atoms with Crippen LogP contribution in [0.4, 0.5) is 10.5 Å². The van der Waals surface area contributed by atoms with Gasteiger partial charge in [-0.3, -0.25) is 14.4 Å². The number of alkyl carbamates (subject to hydrolysis) is 1. The Morgan fingerprint density at radius 2 is 1.72 bits per heavy atom. The fraction of sp³-hybridized carbons (Fsp3) is 0.538. The number of esters is 1. The number of amides is 3. The Balaban J connectivity index is 2.81. The van der Waals surface area contributed by atoms with Gasteiger partial charge >= 0.3 is 12.1 Å². The van der Waals surface area contributed by atoms with E-state index in [1.165, 1.54) is 6.08 Å². The predicted octanol–water partition coefficient (Wildman–Crippen LogP) is 4.26. The maximum absolute atomic E-state index is 13.1. The summed E-state index contributed by atoms with van der Waals surface area (Å²) < 4.78 is 8.09. The quantitative estimate of drug-likeness (QED) is 0.0950. The zero-order valence-electron chi connectivity index (χ0n) is 22.0. The number of hydrogen-bond acceptors (Lipinski definition) is 7. The highest BCUT2D eigenvalue weighted by atomic mass is 35.6. The molecule has 0 fully saturated rings. The molecular weight excluding hydrogens is 573 g/mol. The first kappa shape index (κ1) is 34.5. The van der Waals surface area contributed by atoms with Crippen molar-refractivity contribution in [2.45, 2.75) is 56.0 Å². The number of halogens is 3. The van der Waals surface area contributed by atoms with Crippen molar-refractivity contribution < 1.29 is 33.8 Å². The number of alkyl halides is 3. The lowest BCUT2D eigenvalue weighted by atomic mass is 9.91. The van der Waals surface area contributed by atoms with Crippen molar-refractivity contribution in [3.8, 4) is 0 Å². The molecule has 0 unspecified atom stereocenters. The lowest BCUT2D eigenvalue weighted by Gasteiger charge is -2.24. The molecule has 0 saturated carbocycles. The normalized spacial score (nSPS) is 12.7. The van der Waals surface area contributed by atoms with E-state index in [4.69, 9.17) is 44.3 Å². The van der Waals surface area contributed by atoms with Crippen molar-refractivity contribution in [3.05, 3.63) is 42.5 Å². The fourth-order valence-corrected chi connectivity index (χ4v) is 3.52. The molecule has 39 heavy (non-hydrogen) atoms. The van der Waals surface area contributed by atoms with Gasteiger partial charge < -0.3 is 30.5 Å². The van der Waals surface area contributed by atoms with E-state index in [1.807, 2.05) is 0 Å². The van der Waals surface area contributed by atoms with Crippen molar-refractivity contribution in [2.75, 3.05) is 25.1 Å². The van der Waals surface area contributed by atoms with Gasteiger partial charge in [-0.05, 0) is 42.9 Å². The zero-order chi connectivity index (χ0) is 29.4. The van der Waals surface area contributed by atoms with E-state index >= 15 is 0 Å². The second-order valence-electron chi connectivity index (χ2n) is 9.05. The first-order valence-electron chi connectivity index (χ1n) is 12.4. The predicted molar refractivity (Wildman–Crippen MR) is 151 cm³/mol. The summed E-state index contributed by atoms with van der Waals surface area (Å²) in [5.74, 6) is -2.35. The maximum Gasteiger partial charge on any atom is 0.407 e. The van der Waals surface area contributed by atoms with Gasteiger partial charge in [0.15, 0.2) is 0 Å². The Labute approximate surface area is 243 Å². The number of benzene rings is 1. The number of nitrogens with one attached hydrogen (secondary N) is 3. The van der Waals surface area contributed by atoms with Crippen LogP contribution < -0.4 is 16.0 Å². The number of aliphatic hydroxyl groups excluding tert-OH is 1. The third kappa shape index (κ3) is 15.0. The zero-order valence-corrected chi connectivity index (χ0v) is 24.3. The Bertz CT molecular complexity index is 953. The van der Waals surface area contributed by atoms with Gasteiger partial charge in [-0.2, -0.15) is 0 Å². The minimum Gasteiger partial charge on any atom is -0.461 e. The van der Waals surface area contributed by atoms with Gasteiger partial charge in [0.2, 0.25) is 15.6 Å². The summed E-state index contributed by atoms with van der Waals surface area (Å²) in [6.07, 6.45) is 1.72. The summed E-state index contributed by atoms with van der Waals surface area (Å²) in [6.45, 7) is 6.83. The van der Waals surface area contributed by atoms with E-state index in [9.17, 15) is 24.3 Å². The molecule has 4 N–H and O–H groups in total. The van der Waals surface area contributed by atoms with Crippen molar-refractivity contribution in [1.82, 2.24) is 10.6 Å². The first-order valence-corrected chi connectivity index (χ1v) is 13.5. The molecule has 0 aliphatic heterocycles. The minimum absolute atomic E-state index is 0.0391. The molecule has 0 heterocycles. The molecule has 2 atom stereocenters. The highest BCUT2D eigenvalue weighted by molar-refractivity contribution is 6.67. The lowest BCUT2D eigenvalue weighted by Crippen LogP contribution is -2.47. The molecule has 13 heteroatoms. The van der Waals surface area contributed by atoms with E-state index in [1.54, 1.807) is 38.1 Å². The topological polar surface area (TPSA) is 143 Å². The van der Waals surface area contributed by atoms with Gasteiger partial charge in [-0.1, -0.05) is 73.4 Å². The molecule has 0 saturated heterocycles. The first-order chi connectivity index (χ1) is 18.4. The van der Waals surface area contributed by atoms with Crippen LogP contribution in [-0.2, 0) is 30.5 Å². The fourth-order valence-electron chi connectivity index (χ4n) is 3.35. The molecule has 0 spiro atoms. The maximum atomic E-state index is 13.1. The van der Waals surface area contributed by atoms with E-state index < -0.39 is 46.2 Å². The van der Waals surface area contributed by atoms with Crippen molar-refractivity contribution in [1.29, 1.82) is 0 Å². The number of carbonyl (C=O) groups is 4. The number of ether oxygens (including phenoxy) is 2. The van der Waals surface area contributed by atoms with E-state index in [2.05, 4.69) is 22.5 Å². The number of aliphatic hydroxyl groups is 1. The SMILES string of the molecule is C=CCOC(=O)C[C@H](C(=O)N[C@@H](CCCCNC(=O)OCC(Cl)(Cl)Cl)C(=O)Nc1ccc(CO)cc1)C(C)C. The Morgan fingerprint density at radius 1 is 1.05 bits per heavy atom. The van der Waals surface area contributed by atoms with Crippen molar-refractivity contribution in [2.24, 2.45) is 11.8 Å². The molecule has 3 amide bonds. The van der Waals surface area contributed by atoms with Crippen LogP contribution in [-0.4, -0.2) is 58.6 Å². The monoisotopic (exact) mass is 607 g/mol. The minimum atomic E-state index is -1.72. The third-order valence-electron chi connectivity index (χ3n) is 5.48. The molecule has 0 aliphatic carbocycles. The van der Waals surface area contributed by atoms with Crippen LogP contribution in [0.3, 0.4) is 0 Å². The van der Waals surface area contributed by atoms with E-state index in [0.717, 1.165) is 0 Å². The average Bonchev–Trinajstić information content (AvgIpc) is 2.88. The van der Waals surface area contributed by atoms with Gasteiger partial charge in [0.25, 0.3) is 0 Å². The highest BCUT2D eigenvalue weighted by Crippen LogP contribution is 2.25. The molecule has 1 aromatic rings. The molecule has 0 aliphatic rings. The molecule has 1 rings (SSSR count). The van der Waals surface area contributed by atoms with Crippen LogP contribution >= 0.6 is 34.8 Å². The summed E-state index contributed by atoms with van der Waals surface area (Å²) in [4.78, 5) is 50.0. The number of carbonyl (C=O) groups excluding carboxylic acids is 4. The van der Waals surface area contributed by atoms with Gasteiger partial charge in [0.05, 0.1) is 18.9 Å². The van der Waals surface area contributed by atoms with Crippen LogP contribution in [0.25, 0.3) is 0 Å². The second kappa shape index (κ2) is 17.9. The molecular formula is C26H36Cl3N3O7. The number of anilines is 1. The van der Waals surface area contributed by atoms with Gasteiger partial charge in [-0.15, -0.1) is 0 Å². The third-order valence-corrected chi connectivity index (χ3v) is 5.81. The smallest absolute Gasteiger partial charge is 0.407 e. The van der Waals surface area contributed by atoms with Crippen LogP contribution in [0.5, 0.6) is 0 Å². The Hall–Kier alpha value is -2.53. The molecule has 0 radical (unpaired) electrons. The highest BCUT2D eigenvalue weighted by Gasteiger charge is 2.30. The van der Waals surface area contributed by atoms with Crippen LogP contribution in [0.2, 0.25) is 0 Å². The summed E-state index contributed by atoms with van der Waals surface area (Å²) in [7, 11) is 0. The molecule has 0 bridgehead atoms. The molecule has 1 aromatic carbocycles. The second-order valence-corrected chi connectivity index (χ2v) is 11.6. The number of hydrogen-bond donors (Lipinski definition) is 4. The molecule has 10 nitrogen and oxygen atoms in total. The van der Waals surface area contributed by atoms with Crippen molar-refractivity contribution in [3.63, 3.8) is 0 Å². The summed E-state index contributed by atoms with van der Waals surface area (Å²) in [5.41, 5.74) is 1.17. The summed E-state index contributed by atoms with van der Waals surface area (Å²) in [6, 6.07) is 5.70. The standard InChI is InChI=1S/C26H36Cl3N3O7/c1-4-13-38-22(34)14-20(17(2)3)23(35)32-21(24(36)31-19-10-8-18(15-33)9-11-19)7-5-6-12-30-25(37)39-16-26(27,28)29/h4,8-11,17,20-21,33H,1,5-7,12-16H2,2-3H3,(H,30,37)(H,31,36)(H,32,35)/t20-,21-/m0/s1. The molecule has 0 aromatic heterocycles. The van der Waals surface area contributed by atoms with Crippen LogP contribution in [0, 0.1) is 11.8 Å². The van der Waals surface area contributed by atoms with Gasteiger partial charge in [-0.25, -0.2) is 4.79 Å². The lowest BCUT2D eigenvalue weighted by molar-refractivity contribution is -0.146. The van der Waals surface area contributed by atoms with Crippen molar-refractivity contribution >= 4 is 64.4 Å². The Morgan fingerprint density at radius 3 is 2.28 bits per heavy atom. The Kier molecular flexibility index (Phi) is 15.9. The molecule has 218 valence electrons. The van der Waals surface area contributed by atoms with Gasteiger partial charge in [0.1, 0.15) is 19.3 Å². The summed E-state index contributed by atoms with van der Waals surface area (Å²) >= 11 is 16.6. The van der Waals surface area contributed by atoms with E-state index in [0.29, 0.717) is 24.1 Å². The average molecular weight is 609 g/mol. The largest absolute Gasteiger partial charge is 0.461 e. The van der Waals surface area contributed by atoms with Crippen LogP contribution in [0.15, 0.2) is 36.9 Å². The van der Waals surface area contributed by atoms with Gasteiger partial charge in [0, 0.05) is 12.2 Å². The van der Waals surface area contributed by atoms with E-state index in [-0.39, 0.29) is 38.5 Å².